The van der Waals surface area contributed by atoms with Crippen molar-refractivity contribution in [3.05, 3.63) is 59.2 Å². The number of hydrogen-bond donors (Lipinski definition) is 0. The van der Waals surface area contributed by atoms with Crippen LogP contribution in [0.4, 0.5) is 5.69 Å². The highest BCUT2D eigenvalue weighted by Gasteiger charge is 2.29. The molecule has 0 saturated carbocycles. The molecule has 0 aliphatic carbocycles. The van der Waals surface area contributed by atoms with E-state index in [-0.39, 0.29) is 11.5 Å². The first kappa shape index (κ1) is 20.4. The van der Waals surface area contributed by atoms with Gasteiger partial charge in [0.15, 0.2) is 0 Å². The maximum Gasteiger partial charge on any atom is 0.338 e. The van der Waals surface area contributed by atoms with E-state index in [9.17, 15) is 13.2 Å². The van der Waals surface area contributed by atoms with E-state index >= 15 is 0 Å². The minimum atomic E-state index is -3.59. The summed E-state index contributed by atoms with van der Waals surface area (Å²) in [5.41, 5.74) is 3.97. The summed E-state index contributed by atoms with van der Waals surface area (Å²) in [5, 5.41) is 0. The van der Waals surface area contributed by atoms with Crippen LogP contribution in [-0.4, -0.2) is 51.5 Å². The van der Waals surface area contributed by atoms with E-state index in [2.05, 4.69) is 30.9 Å². The largest absolute Gasteiger partial charge is 0.462 e. The molecular formula is C21H26N2O4S. The Morgan fingerprint density at radius 1 is 1.00 bits per heavy atom. The lowest BCUT2D eigenvalue weighted by Gasteiger charge is -2.36. The third-order valence-corrected chi connectivity index (χ3v) is 7.07. The second-order valence-electron chi connectivity index (χ2n) is 6.86. The van der Waals surface area contributed by atoms with Gasteiger partial charge in [-0.1, -0.05) is 12.1 Å². The van der Waals surface area contributed by atoms with Crippen LogP contribution in [0.5, 0.6) is 0 Å². The van der Waals surface area contributed by atoms with Crippen molar-refractivity contribution in [3.63, 3.8) is 0 Å². The molecule has 3 rings (SSSR count). The van der Waals surface area contributed by atoms with Crippen molar-refractivity contribution < 1.29 is 17.9 Å². The van der Waals surface area contributed by atoms with Crippen LogP contribution < -0.4 is 4.90 Å². The molecule has 2 aromatic rings. The molecule has 0 aromatic heterocycles. The van der Waals surface area contributed by atoms with Crippen LogP contribution in [0.3, 0.4) is 0 Å². The Morgan fingerprint density at radius 3 is 2.25 bits per heavy atom. The third-order valence-electron chi connectivity index (χ3n) is 5.16. The first-order valence-corrected chi connectivity index (χ1v) is 10.9. The number of ether oxygens (including phenoxy) is 1. The average molecular weight is 403 g/mol. The molecule has 1 saturated heterocycles. The molecule has 6 nitrogen and oxygen atoms in total. The molecule has 0 radical (unpaired) electrons. The van der Waals surface area contributed by atoms with Gasteiger partial charge in [0.2, 0.25) is 10.0 Å². The number of aryl methyl sites for hydroxylation is 1. The first-order chi connectivity index (χ1) is 13.3. The number of benzene rings is 2. The molecule has 0 amide bonds. The van der Waals surface area contributed by atoms with Crippen molar-refractivity contribution in [1.29, 1.82) is 0 Å². The van der Waals surface area contributed by atoms with Crippen molar-refractivity contribution in [3.8, 4) is 0 Å². The van der Waals surface area contributed by atoms with Crippen molar-refractivity contribution in [1.82, 2.24) is 4.31 Å². The van der Waals surface area contributed by atoms with Crippen LogP contribution in [0.2, 0.25) is 0 Å². The maximum atomic E-state index is 12.9. The molecule has 0 atom stereocenters. The molecule has 1 aliphatic heterocycles. The fourth-order valence-electron chi connectivity index (χ4n) is 3.37. The molecule has 1 fully saturated rings. The number of anilines is 1. The molecule has 0 spiro atoms. The fraction of sp³-hybridized carbons (Fsp3) is 0.381. The van der Waals surface area contributed by atoms with E-state index in [1.54, 1.807) is 6.92 Å². The smallest absolute Gasteiger partial charge is 0.338 e. The van der Waals surface area contributed by atoms with Crippen LogP contribution in [0, 0.1) is 13.8 Å². The number of carbonyl (C=O) groups excluding carboxylic acids is 1. The second kappa shape index (κ2) is 8.32. The summed E-state index contributed by atoms with van der Waals surface area (Å²) in [5.74, 6) is -0.450. The lowest BCUT2D eigenvalue weighted by molar-refractivity contribution is 0.0526. The van der Waals surface area contributed by atoms with Gasteiger partial charge in [0.05, 0.1) is 17.1 Å². The number of rotatable bonds is 5. The van der Waals surface area contributed by atoms with E-state index < -0.39 is 16.0 Å². The Balaban J connectivity index is 1.71. The van der Waals surface area contributed by atoms with Gasteiger partial charge in [0.25, 0.3) is 0 Å². The summed E-state index contributed by atoms with van der Waals surface area (Å²) in [7, 11) is -3.59. The van der Waals surface area contributed by atoms with E-state index in [0.29, 0.717) is 31.7 Å². The zero-order valence-corrected chi connectivity index (χ0v) is 17.3. The SMILES string of the molecule is CCOC(=O)c1ccc(S(=O)(=O)N2CCN(c3cccc(C)c3C)CC2)cc1. The van der Waals surface area contributed by atoms with Crippen molar-refractivity contribution >= 4 is 21.7 Å². The minimum Gasteiger partial charge on any atom is -0.462 e. The molecule has 1 aliphatic rings. The van der Waals surface area contributed by atoms with Gasteiger partial charge < -0.3 is 9.64 Å². The van der Waals surface area contributed by atoms with Crippen LogP contribution in [0.15, 0.2) is 47.4 Å². The van der Waals surface area contributed by atoms with Gasteiger partial charge in [-0.25, -0.2) is 13.2 Å². The van der Waals surface area contributed by atoms with Gasteiger partial charge >= 0.3 is 5.97 Å². The Kier molecular flexibility index (Phi) is 6.05. The Labute approximate surface area is 166 Å². The molecule has 1 heterocycles. The molecule has 0 N–H and O–H groups in total. The van der Waals surface area contributed by atoms with Crippen LogP contribution in [0.25, 0.3) is 0 Å². The number of hydrogen-bond acceptors (Lipinski definition) is 5. The van der Waals surface area contributed by atoms with Gasteiger partial charge in [0.1, 0.15) is 0 Å². The van der Waals surface area contributed by atoms with Crippen LogP contribution in [0.1, 0.15) is 28.4 Å². The summed E-state index contributed by atoms with van der Waals surface area (Å²) in [6.45, 7) is 8.33. The highest BCUT2D eigenvalue weighted by molar-refractivity contribution is 7.89. The standard InChI is InChI=1S/C21H26N2O4S/c1-4-27-21(24)18-8-10-19(11-9-18)28(25,26)23-14-12-22(13-15-23)20-7-5-6-16(2)17(20)3/h5-11H,4,12-15H2,1-3H3. The van der Waals surface area contributed by atoms with Crippen LogP contribution >= 0.6 is 0 Å². The topological polar surface area (TPSA) is 66.9 Å². The van der Waals surface area contributed by atoms with Gasteiger partial charge in [0, 0.05) is 31.9 Å². The summed E-state index contributed by atoms with van der Waals surface area (Å²) < 4.78 is 32.3. The molecule has 150 valence electrons. The summed E-state index contributed by atoms with van der Waals surface area (Å²) in [4.78, 5) is 14.2. The van der Waals surface area contributed by atoms with Crippen molar-refractivity contribution in [2.24, 2.45) is 0 Å². The maximum absolute atomic E-state index is 12.9. The Bertz CT molecular complexity index is 947. The highest BCUT2D eigenvalue weighted by atomic mass is 32.2. The van der Waals surface area contributed by atoms with Gasteiger partial charge in [-0.3, -0.25) is 0 Å². The summed E-state index contributed by atoms with van der Waals surface area (Å²) >= 11 is 0. The molecule has 7 heteroatoms. The van der Waals surface area contributed by atoms with E-state index in [4.69, 9.17) is 4.74 Å². The number of esters is 1. The molecule has 0 unspecified atom stereocenters. The van der Waals surface area contributed by atoms with Gasteiger partial charge in [-0.05, 0) is 62.2 Å². The summed E-state index contributed by atoms with van der Waals surface area (Å²) in [6.07, 6.45) is 0. The summed E-state index contributed by atoms with van der Waals surface area (Å²) in [6, 6.07) is 12.1. The molecule has 2 aromatic carbocycles. The number of sulfonamides is 1. The first-order valence-electron chi connectivity index (χ1n) is 9.43. The Hall–Kier alpha value is -2.38. The van der Waals surface area contributed by atoms with Gasteiger partial charge in [-0.15, -0.1) is 0 Å². The number of nitrogens with zero attached hydrogens (tertiary/aromatic N) is 2. The van der Waals surface area contributed by atoms with Gasteiger partial charge in [-0.2, -0.15) is 4.31 Å². The predicted octanol–water partition coefficient (Wildman–Crippen LogP) is 2.99. The molecule has 0 bridgehead atoms. The van der Waals surface area contributed by atoms with E-state index in [1.807, 2.05) is 6.07 Å². The highest BCUT2D eigenvalue weighted by Crippen LogP contribution is 2.25. The third kappa shape index (κ3) is 4.05. The normalized spacial score (nSPS) is 15.5. The number of piperazine rings is 1. The lowest BCUT2D eigenvalue weighted by atomic mass is 10.1. The number of carbonyl (C=O) groups is 1. The van der Waals surface area contributed by atoms with E-state index in [1.165, 1.54) is 39.7 Å². The zero-order valence-electron chi connectivity index (χ0n) is 16.5. The quantitative estimate of drug-likeness (QED) is 0.720. The monoisotopic (exact) mass is 402 g/mol. The average Bonchev–Trinajstić information content (AvgIpc) is 2.70. The van der Waals surface area contributed by atoms with Crippen molar-refractivity contribution in [2.75, 3.05) is 37.7 Å². The minimum absolute atomic E-state index is 0.195. The van der Waals surface area contributed by atoms with Crippen LogP contribution in [-0.2, 0) is 14.8 Å². The van der Waals surface area contributed by atoms with Crippen molar-refractivity contribution in [2.45, 2.75) is 25.7 Å². The molecule has 28 heavy (non-hydrogen) atoms. The Morgan fingerprint density at radius 2 is 1.64 bits per heavy atom. The van der Waals surface area contributed by atoms with E-state index in [0.717, 1.165) is 5.69 Å². The lowest BCUT2D eigenvalue weighted by Crippen LogP contribution is -2.48. The fourth-order valence-corrected chi connectivity index (χ4v) is 4.80. The zero-order chi connectivity index (χ0) is 20.3. The predicted molar refractivity (Wildman–Crippen MR) is 109 cm³/mol. The molecular weight excluding hydrogens is 376 g/mol. The second-order valence-corrected chi connectivity index (χ2v) is 8.79.